The molecule has 0 aliphatic heterocycles. The van der Waals surface area contributed by atoms with Crippen LogP contribution in [0, 0.1) is 0 Å². The van der Waals surface area contributed by atoms with Gasteiger partial charge in [0.05, 0.1) is 0 Å². The van der Waals surface area contributed by atoms with Gasteiger partial charge < -0.3 is 10.6 Å². The van der Waals surface area contributed by atoms with Gasteiger partial charge >= 0.3 is 0 Å². The van der Waals surface area contributed by atoms with Crippen molar-refractivity contribution >= 4 is 17.7 Å². The molecule has 2 N–H and O–H groups in total. The average molecular weight is 374 g/mol. The zero-order chi connectivity index (χ0) is 18.4. The Kier molecular flexibility index (Phi) is 6.68. The Hall–Kier alpha value is -1.86. The van der Waals surface area contributed by atoms with E-state index >= 15 is 0 Å². The number of carbonyl (C=O) groups is 1. The van der Waals surface area contributed by atoms with Crippen LogP contribution in [-0.4, -0.2) is 45.3 Å². The van der Waals surface area contributed by atoms with Crippen molar-refractivity contribution in [3.05, 3.63) is 47.0 Å². The number of carbonyl (C=O) groups excluding carboxylic acids is 1. The van der Waals surface area contributed by atoms with Crippen molar-refractivity contribution in [3.63, 3.8) is 0 Å². The standard InChI is InChI=1S/C19H27N5OS/c1-3-24-17-5-4-15(21-10-11-26-2)12-16(17)18(23-24)19(25)22-13-14-6-8-20-9-7-14/h6-9,15,21H,3-5,10-13H2,1-2H3,(H,22,25). The fraction of sp³-hybridized carbons (Fsp3) is 0.526. The molecular weight excluding hydrogens is 346 g/mol. The monoisotopic (exact) mass is 373 g/mol. The van der Waals surface area contributed by atoms with E-state index in [1.807, 2.05) is 28.6 Å². The second kappa shape index (κ2) is 9.19. The summed E-state index contributed by atoms with van der Waals surface area (Å²) >= 11 is 1.85. The molecule has 1 atom stereocenters. The number of aromatic nitrogens is 3. The van der Waals surface area contributed by atoms with Crippen LogP contribution in [-0.2, 0) is 25.9 Å². The molecule has 7 heteroatoms. The maximum absolute atomic E-state index is 12.8. The van der Waals surface area contributed by atoms with E-state index in [-0.39, 0.29) is 5.91 Å². The highest BCUT2D eigenvalue weighted by atomic mass is 32.2. The van der Waals surface area contributed by atoms with E-state index in [1.54, 1.807) is 12.4 Å². The molecule has 0 spiro atoms. The van der Waals surface area contributed by atoms with E-state index in [0.717, 1.165) is 49.2 Å². The van der Waals surface area contributed by atoms with E-state index in [2.05, 4.69) is 33.9 Å². The molecule has 0 bridgehead atoms. The molecule has 1 amide bonds. The van der Waals surface area contributed by atoms with Crippen molar-refractivity contribution in [1.82, 2.24) is 25.4 Å². The molecule has 2 heterocycles. The van der Waals surface area contributed by atoms with Gasteiger partial charge in [-0.05, 0) is 50.1 Å². The average Bonchev–Trinajstić information content (AvgIpc) is 3.05. The lowest BCUT2D eigenvalue weighted by Gasteiger charge is -2.24. The number of pyridine rings is 1. The summed E-state index contributed by atoms with van der Waals surface area (Å²) < 4.78 is 1.99. The Morgan fingerprint density at radius 3 is 2.92 bits per heavy atom. The molecule has 0 saturated heterocycles. The maximum atomic E-state index is 12.8. The third-order valence-corrected chi connectivity index (χ3v) is 5.42. The molecule has 3 rings (SSSR count). The van der Waals surface area contributed by atoms with Crippen LogP contribution in [0.15, 0.2) is 24.5 Å². The first-order valence-electron chi connectivity index (χ1n) is 9.20. The van der Waals surface area contributed by atoms with Crippen LogP contribution in [0.5, 0.6) is 0 Å². The molecule has 0 radical (unpaired) electrons. The predicted octanol–water partition coefficient (Wildman–Crippen LogP) is 2.04. The number of nitrogens with zero attached hydrogens (tertiary/aromatic N) is 3. The SMILES string of the molecule is CCn1nc(C(=O)NCc2ccncc2)c2c1CCC(NCCSC)C2. The summed E-state index contributed by atoms with van der Waals surface area (Å²) in [6.45, 7) is 4.37. The Bertz CT molecular complexity index is 731. The topological polar surface area (TPSA) is 71.8 Å². The third-order valence-electron chi connectivity index (χ3n) is 4.80. The zero-order valence-electron chi connectivity index (χ0n) is 15.5. The van der Waals surface area contributed by atoms with Gasteiger partial charge in [0.15, 0.2) is 5.69 Å². The number of hydrogen-bond acceptors (Lipinski definition) is 5. The molecular formula is C19H27N5OS. The zero-order valence-corrected chi connectivity index (χ0v) is 16.3. The number of aryl methyl sites for hydroxylation is 1. The van der Waals surface area contributed by atoms with Crippen LogP contribution in [0.4, 0.5) is 0 Å². The van der Waals surface area contributed by atoms with Crippen molar-refractivity contribution < 1.29 is 4.79 Å². The van der Waals surface area contributed by atoms with Gasteiger partial charge in [0.25, 0.3) is 5.91 Å². The van der Waals surface area contributed by atoms with Crippen molar-refractivity contribution in [2.24, 2.45) is 0 Å². The number of amides is 1. The van der Waals surface area contributed by atoms with E-state index in [4.69, 9.17) is 0 Å². The summed E-state index contributed by atoms with van der Waals surface area (Å²) in [7, 11) is 0. The van der Waals surface area contributed by atoms with E-state index in [9.17, 15) is 4.79 Å². The van der Waals surface area contributed by atoms with E-state index in [0.29, 0.717) is 18.3 Å². The number of nitrogens with one attached hydrogen (secondary N) is 2. The Morgan fingerprint density at radius 1 is 1.38 bits per heavy atom. The molecule has 2 aromatic rings. The lowest BCUT2D eigenvalue weighted by molar-refractivity contribution is 0.0944. The first kappa shape index (κ1) is 18.9. The van der Waals surface area contributed by atoms with Crippen LogP contribution < -0.4 is 10.6 Å². The third kappa shape index (κ3) is 4.45. The highest BCUT2D eigenvalue weighted by Gasteiger charge is 2.28. The van der Waals surface area contributed by atoms with Crippen LogP contribution in [0.25, 0.3) is 0 Å². The molecule has 26 heavy (non-hydrogen) atoms. The minimum absolute atomic E-state index is 0.0879. The van der Waals surface area contributed by atoms with Gasteiger partial charge in [-0.25, -0.2) is 0 Å². The Balaban J connectivity index is 1.71. The summed E-state index contributed by atoms with van der Waals surface area (Å²) in [6, 6.07) is 4.24. The summed E-state index contributed by atoms with van der Waals surface area (Å²) in [5.41, 5.74) is 3.97. The number of hydrogen-bond donors (Lipinski definition) is 2. The minimum Gasteiger partial charge on any atom is -0.347 e. The molecule has 1 aliphatic carbocycles. The van der Waals surface area contributed by atoms with Crippen molar-refractivity contribution in [2.45, 2.75) is 45.3 Å². The molecule has 0 saturated carbocycles. The normalized spacial score (nSPS) is 16.3. The van der Waals surface area contributed by atoms with Gasteiger partial charge in [0.2, 0.25) is 0 Å². The summed E-state index contributed by atoms with van der Waals surface area (Å²) in [5, 5.41) is 11.2. The molecule has 140 valence electrons. The second-order valence-electron chi connectivity index (χ2n) is 6.51. The van der Waals surface area contributed by atoms with Crippen LogP contribution >= 0.6 is 11.8 Å². The fourth-order valence-corrected chi connectivity index (χ4v) is 3.76. The molecule has 2 aromatic heterocycles. The highest BCUT2D eigenvalue weighted by molar-refractivity contribution is 7.98. The molecule has 0 aromatic carbocycles. The molecule has 0 fully saturated rings. The van der Waals surface area contributed by atoms with Crippen LogP contribution in [0.1, 0.15) is 40.7 Å². The molecule has 6 nitrogen and oxygen atoms in total. The largest absolute Gasteiger partial charge is 0.347 e. The number of rotatable bonds is 8. The highest BCUT2D eigenvalue weighted by Crippen LogP contribution is 2.25. The Morgan fingerprint density at radius 2 is 2.19 bits per heavy atom. The van der Waals surface area contributed by atoms with Gasteiger partial charge in [-0.1, -0.05) is 0 Å². The van der Waals surface area contributed by atoms with Gasteiger partial charge in [-0.2, -0.15) is 16.9 Å². The van der Waals surface area contributed by atoms with Gasteiger partial charge in [0, 0.05) is 55.1 Å². The van der Waals surface area contributed by atoms with Crippen molar-refractivity contribution in [3.8, 4) is 0 Å². The maximum Gasteiger partial charge on any atom is 0.272 e. The van der Waals surface area contributed by atoms with Crippen LogP contribution in [0.2, 0.25) is 0 Å². The number of thioether (sulfide) groups is 1. The van der Waals surface area contributed by atoms with Crippen LogP contribution in [0.3, 0.4) is 0 Å². The van der Waals surface area contributed by atoms with Gasteiger partial charge in [-0.3, -0.25) is 14.5 Å². The van der Waals surface area contributed by atoms with Gasteiger partial charge in [0.1, 0.15) is 0 Å². The van der Waals surface area contributed by atoms with Gasteiger partial charge in [-0.15, -0.1) is 0 Å². The first-order chi connectivity index (χ1) is 12.7. The predicted molar refractivity (Wildman–Crippen MR) is 106 cm³/mol. The first-order valence-corrected chi connectivity index (χ1v) is 10.6. The molecule has 1 aliphatic rings. The molecule has 1 unspecified atom stereocenters. The van der Waals surface area contributed by atoms with Crippen molar-refractivity contribution in [2.75, 3.05) is 18.6 Å². The smallest absolute Gasteiger partial charge is 0.272 e. The summed E-state index contributed by atoms with van der Waals surface area (Å²) in [5.74, 6) is 1.02. The Labute approximate surface area is 159 Å². The van der Waals surface area contributed by atoms with E-state index in [1.165, 1.54) is 5.69 Å². The van der Waals surface area contributed by atoms with E-state index < -0.39 is 0 Å². The summed E-state index contributed by atoms with van der Waals surface area (Å²) in [4.78, 5) is 16.8. The van der Waals surface area contributed by atoms with Crippen molar-refractivity contribution in [1.29, 1.82) is 0 Å². The quantitative estimate of drug-likeness (QED) is 0.693. The lowest BCUT2D eigenvalue weighted by Crippen LogP contribution is -2.36. The minimum atomic E-state index is -0.0879. The second-order valence-corrected chi connectivity index (χ2v) is 7.50. The number of fused-ring (bicyclic) bond motifs is 1. The fourth-order valence-electron chi connectivity index (χ4n) is 3.44. The lowest BCUT2D eigenvalue weighted by atomic mass is 9.91. The summed E-state index contributed by atoms with van der Waals surface area (Å²) in [6.07, 6.45) is 8.55.